The van der Waals surface area contributed by atoms with Crippen LogP contribution in [0.4, 0.5) is 18.9 Å². The number of hydrogen-bond acceptors (Lipinski definition) is 5. The van der Waals surface area contributed by atoms with Crippen LogP contribution in [0.1, 0.15) is 51.1 Å². The molecule has 7 nitrogen and oxygen atoms in total. The van der Waals surface area contributed by atoms with Crippen LogP contribution in [0.15, 0.2) is 54.9 Å². The zero-order valence-electron chi connectivity index (χ0n) is 22.7. The number of aromatic nitrogens is 3. The third-order valence-electron chi connectivity index (χ3n) is 7.93. The summed E-state index contributed by atoms with van der Waals surface area (Å²) in [6.07, 6.45) is 0.775. The molecule has 2 aromatic carbocycles. The summed E-state index contributed by atoms with van der Waals surface area (Å²) in [7, 11) is 2.06. The van der Waals surface area contributed by atoms with Crippen molar-refractivity contribution >= 4 is 22.8 Å². The lowest BCUT2D eigenvalue weighted by molar-refractivity contribution is -0.138. The minimum atomic E-state index is -4.54. The number of benzene rings is 2. The van der Waals surface area contributed by atoms with E-state index in [1.54, 1.807) is 42.7 Å². The fraction of sp³-hybridized carbons (Fsp3) is 0.323. The Morgan fingerprint density at radius 3 is 2.63 bits per heavy atom. The van der Waals surface area contributed by atoms with Crippen LogP contribution in [-0.2, 0) is 12.7 Å². The summed E-state index contributed by atoms with van der Waals surface area (Å²) in [6.45, 7) is 3.84. The Hall–Kier alpha value is -4.20. The number of carbonyl (C=O) groups excluding carboxylic acids is 1. The molecule has 0 aliphatic carbocycles. The van der Waals surface area contributed by atoms with E-state index >= 15 is 0 Å². The van der Waals surface area contributed by atoms with Gasteiger partial charge in [0.15, 0.2) is 5.65 Å². The van der Waals surface area contributed by atoms with Crippen LogP contribution < -0.4 is 5.32 Å². The number of alkyl halides is 3. The molecule has 2 fully saturated rings. The van der Waals surface area contributed by atoms with Gasteiger partial charge in [0.05, 0.1) is 11.8 Å². The number of carbonyl (C=O) groups is 1. The van der Waals surface area contributed by atoms with Crippen molar-refractivity contribution in [2.45, 2.75) is 44.6 Å². The van der Waals surface area contributed by atoms with Crippen molar-refractivity contribution < 1.29 is 18.0 Å². The van der Waals surface area contributed by atoms with Gasteiger partial charge in [-0.1, -0.05) is 18.1 Å². The monoisotopic (exact) mass is 558 g/mol. The first-order chi connectivity index (χ1) is 19.6. The Balaban J connectivity index is 1.21. The average molecular weight is 559 g/mol. The van der Waals surface area contributed by atoms with Gasteiger partial charge in [0.25, 0.3) is 5.91 Å². The molecule has 2 N–H and O–H groups in total. The number of nitrogens with zero attached hydrogens (tertiary/aromatic N) is 4. The Morgan fingerprint density at radius 1 is 1.10 bits per heavy atom. The van der Waals surface area contributed by atoms with E-state index in [2.05, 4.69) is 49.0 Å². The highest BCUT2D eigenvalue weighted by Crippen LogP contribution is 2.37. The Labute approximate surface area is 235 Å². The second-order valence-electron chi connectivity index (χ2n) is 10.8. The van der Waals surface area contributed by atoms with Crippen molar-refractivity contribution in [2.75, 3.05) is 25.5 Å². The minimum absolute atomic E-state index is 0.0933. The van der Waals surface area contributed by atoms with Crippen LogP contribution >= 0.6 is 0 Å². The van der Waals surface area contributed by atoms with E-state index < -0.39 is 17.6 Å². The molecular formula is C31H29F3N6O. The lowest BCUT2D eigenvalue weighted by Crippen LogP contribution is -2.51. The van der Waals surface area contributed by atoms with E-state index in [4.69, 9.17) is 0 Å². The molecule has 6 rings (SSSR count). The van der Waals surface area contributed by atoms with Gasteiger partial charge >= 0.3 is 6.18 Å². The molecule has 2 aliphatic rings. The van der Waals surface area contributed by atoms with Gasteiger partial charge in [-0.25, -0.2) is 9.97 Å². The molecule has 0 saturated carbocycles. The van der Waals surface area contributed by atoms with E-state index in [0.29, 0.717) is 28.0 Å². The van der Waals surface area contributed by atoms with Gasteiger partial charge in [0.2, 0.25) is 0 Å². The van der Waals surface area contributed by atoms with Crippen LogP contribution in [0.25, 0.3) is 11.2 Å². The normalized spacial score (nSPS) is 19.2. The smallest absolute Gasteiger partial charge is 0.345 e. The highest BCUT2D eigenvalue weighted by Gasteiger charge is 2.40. The van der Waals surface area contributed by atoms with Crippen molar-refractivity contribution in [3.05, 3.63) is 88.4 Å². The standard InChI is InChI=1S/C31H29F3N6O/c1-19-3-4-21(13-20(19)5-8-24-15-36-29-28(37-24)11-12-35-29)30(41)38-23-7-6-22(27(14-23)31(32,33)34)16-40-25-9-10-26(40)18-39(2)17-25/h3-4,6-7,11-15,25-26H,9-10,16-18H2,1-2H3,(H,35,36)(H,38,41). The molecule has 2 aromatic heterocycles. The Bertz CT molecular complexity index is 1670. The van der Waals surface area contributed by atoms with Crippen molar-refractivity contribution in [1.82, 2.24) is 24.8 Å². The molecule has 210 valence electrons. The van der Waals surface area contributed by atoms with Crippen LogP contribution in [-0.4, -0.2) is 62.9 Å². The number of rotatable bonds is 4. The number of likely N-dealkylation sites (N-methyl/N-ethyl adjacent to an activating group) is 1. The lowest BCUT2D eigenvalue weighted by atomic mass is 10.0. The number of hydrogen-bond donors (Lipinski definition) is 2. The zero-order valence-corrected chi connectivity index (χ0v) is 22.7. The van der Waals surface area contributed by atoms with Gasteiger partial charge < -0.3 is 15.2 Å². The third kappa shape index (κ3) is 5.69. The summed E-state index contributed by atoms with van der Waals surface area (Å²) in [4.78, 5) is 29.2. The molecule has 4 heterocycles. The third-order valence-corrected chi connectivity index (χ3v) is 7.93. The molecule has 2 unspecified atom stereocenters. The van der Waals surface area contributed by atoms with E-state index in [1.807, 2.05) is 6.92 Å². The fourth-order valence-corrected chi connectivity index (χ4v) is 5.83. The van der Waals surface area contributed by atoms with Crippen LogP contribution in [0.3, 0.4) is 0 Å². The summed E-state index contributed by atoms with van der Waals surface area (Å²) in [6, 6.07) is 11.4. The van der Waals surface area contributed by atoms with Crippen molar-refractivity contribution in [3.8, 4) is 11.8 Å². The molecule has 2 aliphatic heterocycles. The van der Waals surface area contributed by atoms with Crippen molar-refractivity contribution in [3.63, 3.8) is 0 Å². The summed E-state index contributed by atoms with van der Waals surface area (Å²) >= 11 is 0. The molecule has 2 saturated heterocycles. The highest BCUT2D eigenvalue weighted by molar-refractivity contribution is 6.04. The second-order valence-corrected chi connectivity index (χ2v) is 10.8. The van der Waals surface area contributed by atoms with Crippen LogP contribution in [0, 0.1) is 18.8 Å². The minimum Gasteiger partial charge on any atom is -0.345 e. The summed E-state index contributed by atoms with van der Waals surface area (Å²) < 4.78 is 42.4. The van der Waals surface area contributed by atoms with Crippen LogP contribution in [0.2, 0.25) is 0 Å². The summed E-state index contributed by atoms with van der Waals surface area (Å²) in [5.41, 5.74) is 3.20. The molecule has 41 heavy (non-hydrogen) atoms. The lowest BCUT2D eigenvalue weighted by Gasteiger charge is -2.39. The molecule has 0 spiro atoms. The van der Waals surface area contributed by atoms with E-state index in [-0.39, 0.29) is 29.9 Å². The van der Waals surface area contributed by atoms with Crippen molar-refractivity contribution in [1.29, 1.82) is 0 Å². The predicted molar refractivity (Wildman–Crippen MR) is 150 cm³/mol. The number of amides is 1. The number of aryl methyl sites for hydroxylation is 1. The van der Waals surface area contributed by atoms with Gasteiger partial charge in [0, 0.05) is 54.7 Å². The number of nitrogens with one attached hydrogen (secondary N) is 2. The summed E-state index contributed by atoms with van der Waals surface area (Å²) in [5, 5.41) is 2.64. The van der Waals surface area contributed by atoms with Crippen molar-refractivity contribution in [2.24, 2.45) is 0 Å². The molecule has 0 radical (unpaired) electrons. The second kappa shape index (κ2) is 10.7. The number of fused-ring (bicyclic) bond motifs is 3. The molecule has 2 atom stereocenters. The van der Waals surface area contributed by atoms with E-state index in [9.17, 15) is 18.0 Å². The maximum Gasteiger partial charge on any atom is 0.416 e. The number of H-pyrrole nitrogens is 1. The van der Waals surface area contributed by atoms with Gasteiger partial charge in [-0.05, 0) is 74.2 Å². The van der Waals surface area contributed by atoms with E-state index in [1.165, 1.54) is 6.07 Å². The Kier molecular flexibility index (Phi) is 7.01. The van der Waals surface area contributed by atoms with Gasteiger partial charge in [-0.2, -0.15) is 13.2 Å². The molecule has 1 amide bonds. The van der Waals surface area contributed by atoms with Gasteiger partial charge in [-0.15, -0.1) is 0 Å². The first-order valence-corrected chi connectivity index (χ1v) is 13.5. The fourth-order valence-electron chi connectivity index (χ4n) is 5.83. The molecule has 2 bridgehead atoms. The highest BCUT2D eigenvalue weighted by atomic mass is 19.4. The average Bonchev–Trinajstić information content (AvgIpc) is 3.49. The number of piperazine rings is 1. The topological polar surface area (TPSA) is 77.2 Å². The molecule has 10 heteroatoms. The molecule has 4 aromatic rings. The summed E-state index contributed by atoms with van der Waals surface area (Å²) in [5.74, 6) is 5.50. The zero-order chi connectivity index (χ0) is 28.7. The van der Waals surface area contributed by atoms with Crippen LogP contribution in [0.5, 0.6) is 0 Å². The molecular weight excluding hydrogens is 529 g/mol. The Morgan fingerprint density at radius 2 is 1.88 bits per heavy atom. The van der Waals surface area contributed by atoms with Gasteiger partial charge in [-0.3, -0.25) is 9.69 Å². The largest absolute Gasteiger partial charge is 0.416 e. The number of halogens is 3. The quantitative estimate of drug-likeness (QED) is 0.336. The number of aromatic amines is 1. The maximum absolute atomic E-state index is 14.1. The number of likely N-dealkylation sites (tertiary alicyclic amines) is 1. The first-order valence-electron chi connectivity index (χ1n) is 13.5. The van der Waals surface area contributed by atoms with Gasteiger partial charge in [0.1, 0.15) is 11.2 Å². The SMILES string of the molecule is Cc1ccc(C(=O)Nc2ccc(CN3C4CCC3CN(C)C4)c(C(F)(F)F)c2)cc1C#Cc1cnc2[nH]ccc2n1. The van der Waals surface area contributed by atoms with E-state index in [0.717, 1.165) is 37.6 Å². The first kappa shape index (κ1) is 27.0. The number of anilines is 1. The maximum atomic E-state index is 14.1. The predicted octanol–water partition coefficient (Wildman–Crippen LogP) is 5.22.